The molecule has 0 unspecified atom stereocenters. The molecule has 142 valence electrons. The van der Waals surface area contributed by atoms with E-state index in [1.807, 2.05) is 30.3 Å². The van der Waals surface area contributed by atoms with Crippen molar-refractivity contribution >= 4 is 32.9 Å². The molecule has 0 spiro atoms. The van der Waals surface area contributed by atoms with Crippen molar-refractivity contribution in [2.75, 3.05) is 6.54 Å². The molecule has 1 saturated heterocycles. The first kappa shape index (κ1) is 17.9. The Morgan fingerprint density at radius 3 is 2.89 bits per heavy atom. The zero-order chi connectivity index (χ0) is 19.3. The van der Waals surface area contributed by atoms with Crippen LogP contribution >= 0.6 is 27.7 Å². The highest BCUT2D eigenvalue weighted by molar-refractivity contribution is 9.10. The summed E-state index contributed by atoms with van der Waals surface area (Å²) in [6.07, 6.45) is 1.80. The molecule has 0 bridgehead atoms. The fourth-order valence-corrected chi connectivity index (χ4v) is 5.41. The molecule has 4 nitrogen and oxygen atoms in total. The molecule has 0 N–H and O–H groups in total. The summed E-state index contributed by atoms with van der Waals surface area (Å²) in [7, 11) is 0. The number of rotatable bonds is 3. The van der Waals surface area contributed by atoms with E-state index in [0.717, 1.165) is 28.7 Å². The topological polar surface area (TPSA) is 41.6 Å². The summed E-state index contributed by atoms with van der Waals surface area (Å²) < 4.78 is 20.4. The first-order chi connectivity index (χ1) is 13.6. The zero-order valence-corrected chi connectivity index (χ0v) is 17.5. The highest BCUT2D eigenvalue weighted by Gasteiger charge is 2.45. The molecule has 2 aromatic heterocycles. The summed E-state index contributed by atoms with van der Waals surface area (Å²) in [4.78, 5) is 11.8. The van der Waals surface area contributed by atoms with Gasteiger partial charge in [-0.05, 0) is 58.4 Å². The highest BCUT2D eigenvalue weighted by atomic mass is 79.9. The molecule has 4 heterocycles. The summed E-state index contributed by atoms with van der Waals surface area (Å²) in [5.74, 6) is 1.26. The lowest BCUT2D eigenvalue weighted by molar-refractivity contribution is 0.277. The minimum atomic E-state index is -0.283. The third kappa shape index (κ3) is 3.06. The second-order valence-corrected chi connectivity index (χ2v) is 9.22. The summed E-state index contributed by atoms with van der Waals surface area (Å²) >= 11 is 5.23. The molecule has 0 amide bonds. The van der Waals surface area contributed by atoms with Crippen molar-refractivity contribution in [3.05, 3.63) is 76.5 Å². The fraction of sp³-hybridized carbons (Fsp3) is 0.238. The van der Waals surface area contributed by atoms with E-state index < -0.39 is 0 Å². The number of amidine groups is 1. The number of thioether (sulfide) groups is 1. The molecule has 1 fully saturated rings. The van der Waals surface area contributed by atoms with Crippen molar-refractivity contribution in [1.82, 2.24) is 9.88 Å². The van der Waals surface area contributed by atoms with Crippen LogP contribution in [-0.2, 0) is 0 Å². The summed E-state index contributed by atoms with van der Waals surface area (Å²) in [6.45, 7) is 3.13. The van der Waals surface area contributed by atoms with Crippen LogP contribution in [0.5, 0.6) is 0 Å². The number of halogens is 2. The van der Waals surface area contributed by atoms with E-state index in [1.165, 1.54) is 12.1 Å². The number of hydrogen-bond donors (Lipinski definition) is 0. The van der Waals surface area contributed by atoms with Crippen LogP contribution < -0.4 is 0 Å². The number of furan rings is 1. The van der Waals surface area contributed by atoms with Crippen LogP contribution in [0, 0.1) is 5.82 Å². The van der Waals surface area contributed by atoms with Crippen molar-refractivity contribution in [1.29, 1.82) is 0 Å². The molecule has 7 heteroatoms. The quantitative estimate of drug-likeness (QED) is 0.495. The molecule has 5 rings (SSSR count). The van der Waals surface area contributed by atoms with Crippen LogP contribution in [0.15, 0.2) is 68.6 Å². The smallest absolute Gasteiger partial charge is 0.161 e. The number of pyridine rings is 1. The van der Waals surface area contributed by atoms with Crippen LogP contribution in [0.2, 0.25) is 0 Å². The molecule has 3 aromatic rings. The van der Waals surface area contributed by atoms with Crippen molar-refractivity contribution in [2.45, 2.75) is 24.3 Å². The van der Waals surface area contributed by atoms with Crippen molar-refractivity contribution in [2.24, 2.45) is 4.99 Å². The second kappa shape index (κ2) is 7.04. The van der Waals surface area contributed by atoms with Gasteiger partial charge in [0.1, 0.15) is 29.4 Å². The molecule has 1 aromatic carbocycles. The summed E-state index contributed by atoms with van der Waals surface area (Å²) in [6, 6.07) is 14.3. The lowest BCUT2D eigenvalue weighted by Gasteiger charge is -2.25. The standard InChI is InChI=1S/C21H17BrFN3OS/c1-12-11-26-20(19(25-21(26)28-12)16-4-2-3-9-24-16)18-8-7-17(27-18)14-6-5-13(23)10-15(14)22/h2-10,12,19-20H,11H2,1H3/t12-,19+,20-/m1/s1. The van der Waals surface area contributed by atoms with Gasteiger partial charge in [0, 0.05) is 28.0 Å². The third-order valence-electron chi connectivity index (χ3n) is 5.00. The molecule has 2 aliphatic rings. The van der Waals surface area contributed by atoms with Gasteiger partial charge in [0.2, 0.25) is 0 Å². The third-order valence-corrected chi connectivity index (χ3v) is 6.75. The van der Waals surface area contributed by atoms with E-state index in [9.17, 15) is 4.39 Å². The zero-order valence-electron chi connectivity index (χ0n) is 15.0. The van der Waals surface area contributed by atoms with Gasteiger partial charge in [0.05, 0.1) is 5.69 Å². The first-order valence-corrected chi connectivity index (χ1v) is 10.7. The van der Waals surface area contributed by atoms with Gasteiger partial charge < -0.3 is 9.32 Å². The lowest BCUT2D eigenvalue weighted by Crippen LogP contribution is -2.28. The van der Waals surface area contributed by atoms with Crippen molar-refractivity contribution in [3.63, 3.8) is 0 Å². The molecule has 2 aliphatic heterocycles. The Hall–Kier alpha value is -2.12. The maximum Gasteiger partial charge on any atom is 0.161 e. The second-order valence-electron chi connectivity index (χ2n) is 6.96. The van der Waals surface area contributed by atoms with E-state index in [0.29, 0.717) is 15.5 Å². The molecule has 28 heavy (non-hydrogen) atoms. The first-order valence-electron chi connectivity index (χ1n) is 9.07. The number of aromatic nitrogens is 1. The number of aliphatic imine (C=N–C) groups is 1. The van der Waals surface area contributed by atoms with Crippen LogP contribution in [-0.4, -0.2) is 26.8 Å². The Balaban J connectivity index is 1.54. The van der Waals surface area contributed by atoms with Crippen LogP contribution in [0.25, 0.3) is 11.3 Å². The highest BCUT2D eigenvalue weighted by Crippen LogP contribution is 2.48. The molecular formula is C21H17BrFN3OS. The summed E-state index contributed by atoms with van der Waals surface area (Å²) in [5, 5.41) is 1.54. The summed E-state index contributed by atoms with van der Waals surface area (Å²) in [5.41, 5.74) is 1.76. The number of hydrogen-bond acceptors (Lipinski definition) is 5. The Morgan fingerprint density at radius 1 is 1.21 bits per heavy atom. The molecule has 0 radical (unpaired) electrons. The van der Waals surface area contributed by atoms with Gasteiger partial charge in [-0.1, -0.05) is 24.8 Å². The normalized spacial score (nSPS) is 23.8. The maximum absolute atomic E-state index is 13.4. The Bertz CT molecular complexity index is 1050. The minimum Gasteiger partial charge on any atom is -0.459 e. The van der Waals surface area contributed by atoms with Crippen LogP contribution in [0.4, 0.5) is 4.39 Å². The van der Waals surface area contributed by atoms with Gasteiger partial charge in [-0.15, -0.1) is 0 Å². The van der Waals surface area contributed by atoms with E-state index in [2.05, 4.69) is 32.7 Å². The van der Waals surface area contributed by atoms with E-state index in [4.69, 9.17) is 9.41 Å². The Kier molecular flexibility index (Phi) is 4.51. The average molecular weight is 458 g/mol. The van der Waals surface area contributed by atoms with Crippen LogP contribution in [0.3, 0.4) is 0 Å². The van der Waals surface area contributed by atoms with Crippen LogP contribution in [0.1, 0.15) is 30.5 Å². The molecule has 0 saturated carbocycles. The molecule has 0 aliphatic carbocycles. The Morgan fingerprint density at radius 2 is 2.11 bits per heavy atom. The van der Waals surface area contributed by atoms with Gasteiger partial charge in [-0.2, -0.15) is 0 Å². The van der Waals surface area contributed by atoms with Crippen molar-refractivity contribution < 1.29 is 8.81 Å². The average Bonchev–Trinajstić information content (AvgIpc) is 3.36. The van der Waals surface area contributed by atoms with Gasteiger partial charge in [0.25, 0.3) is 0 Å². The van der Waals surface area contributed by atoms with Gasteiger partial charge in [0.15, 0.2) is 5.17 Å². The molecule has 3 atom stereocenters. The Labute approximate surface area is 175 Å². The monoisotopic (exact) mass is 457 g/mol. The minimum absolute atomic E-state index is 0.0321. The van der Waals surface area contributed by atoms with Crippen molar-refractivity contribution in [3.8, 4) is 11.3 Å². The number of benzene rings is 1. The van der Waals surface area contributed by atoms with Gasteiger partial charge >= 0.3 is 0 Å². The molecular weight excluding hydrogens is 441 g/mol. The van der Waals surface area contributed by atoms with E-state index >= 15 is 0 Å². The number of nitrogens with zero attached hydrogens (tertiary/aromatic N) is 3. The fourth-order valence-electron chi connectivity index (χ4n) is 3.77. The predicted molar refractivity (Wildman–Crippen MR) is 113 cm³/mol. The van der Waals surface area contributed by atoms with E-state index in [-0.39, 0.29) is 17.9 Å². The lowest BCUT2D eigenvalue weighted by atomic mass is 10.0. The largest absolute Gasteiger partial charge is 0.459 e. The predicted octanol–water partition coefficient (Wildman–Crippen LogP) is 5.83. The van der Waals surface area contributed by atoms with Gasteiger partial charge in [-0.3, -0.25) is 4.98 Å². The number of fused-ring (bicyclic) bond motifs is 1. The SMILES string of the molecule is C[C@@H]1CN2C(=N[C@@H](c3ccccn3)[C@H]2c2ccc(-c3ccc(F)cc3Br)o2)S1. The van der Waals surface area contributed by atoms with Gasteiger partial charge in [-0.25, -0.2) is 9.38 Å². The maximum atomic E-state index is 13.4. The van der Waals surface area contributed by atoms with E-state index in [1.54, 1.807) is 24.0 Å².